The van der Waals surface area contributed by atoms with E-state index in [-0.39, 0.29) is 4.75 Å². The van der Waals surface area contributed by atoms with Crippen LogP contribution in [0.3, 0.4) is 0 Å². The molecule has 5 rings (SSSR count). The van der Waals surface area contributed by atoms with E-state index < -0.39 is 0 Å². The molecule has 8 heteroatoms. The molecule has 1 aromatic carbocycles. The summed E-state index contributed by atoms with van der Waals surface area (Å²) in [6.07, 6.45) is 4.24. The van der Waals surface area contributed by atoms with E-state index in [9.17, 15) is 0 Å². The molecule has 0 spiro atoms. The first kappa shape index (κ1) is 18.8. The number of thioether (sulfide) groups is 1. The van der Waals surface area contributed by atoms with E-state index in [1.54, 1.807) is 11.3 Å². The Morgan fingerprint density at radius 2 is 2.10 bits per heavy atom. The van der Waals surface area contributed by atoms with Gasteiger partial charge in [0.15, 0.2) is 12.0 Å². The molecule has 3 heterocycles. The summed E-state index contributed by atoms with van der Waals surface area (Å²) in [5, 5.41) is 2.08. The van der Waals surface area contributed by atoms with Crippen LogP contribution in [0.25, 0.3) is 11.4 Å². The van der Waals surface area contributed by atoms with Gasteiger partial charge in [-0.3, -0.25) is 0 Å². The number of benzene rings is 1. The lowest BCUT2D eigenvalue weighted by atomic mass is 10.1. The highest BCUT2D eigenvalue weighted by Gasteiger charge is 2.49. The Hall–Kier alpha value is -2.16. The molecule has 0 radical (unpaired) electrons. The number of H-pyrrole nitrogens is 1. The molecule has 0 bridgehead atoms. The van der Waals surface area contributed by atoms with Crippen LogP contribution in [-0.2, 0) is 9.48 Å². The second-order valence-corrected chi connectivity index (χ2v) is 10.2. The molecule has 0 amide bonds. The molecular formula is C21H24N5OS2+. The lowest BCUT2D eigenvalue weighted by Crippen LogP contribution is -2.44. The maximum Gasteiger partial charge on any atom is 0.296 e. The van der Waals surface area contributed by atoms with Crippen LogP contribution in [0.1, 0.15) is 25.5 Å². The first-order valence-corrected chi connectivity index (χ1v) is 11.6. The lowest BCUT2D eigenvalue weighted by Gasteiger charge is -2.34. The molecule has 1 saturated heterocycles. The van der Waals surface area contributed by atoms with Gasteiger partial charge in [0, 0.05) is 23.9 Å². The van der Waals surface area contributed by atoms with Crippen molar-refractivity contribution in [3.8, 4) is 11.4 Å². The number of nitrogen functional groups attached to an aromatic ring is 1. The minimum absolute atomic E-state index is 0.0249. The molecule has 2 fully saturated rings. The monoisotopic (exact) mass is 426 g/mol. The van der Waals surface area contributed by atoms with Crippen molar-refractivity contribution in [3.05, 3.63) is 47.6 Å². The van der Waals surface area contributed by atoms with Crippen molar-refractivity contribution in [1.82, 2.24) is 9.97 Å². The number of aromatic nitrogens is 3. The lowest BCUT2D eigenvalue weighted by molar-refractivity contribution is -0.416. The van der Waals surface area contributed by atoms with Gasteiger partial charge < -0.3 is 15.4 Å². The van der Waals surface area contributed by atoms with Crippen molar-refractivity contribution in [3.63, 3.8) is 0 Å². The predicted molar refractivity (Wildman–Crippen MR) is 117 cm³/mol. The van der Waals surface area contributed by atoms with Gasteiger partial charge in [0.1, 0.15) is 5.82 Å². The molecule has 1 aliphatic heterocycles. The number of rotatable bonds is 5. The van der Waals surface area contributed by atoms with Crippen molar-refractivity contribution in [1.29, 1.82) is 0 Å². The van der Waals surface area contributed by atoms with Crippen LogP contribution in [0, 0.1) is 0 Å². The molecule has 2 aliphatic rings. The fourth-order valence-electron chi connectivity index (χ4n) is 3.63. The highest BCUT2D eigenvalue weighted by Crippen LogP contribution is 2.59. The van der Waals surface area contributed by atoms with Gasteiger partial charge in [0.25, 0.3) is 4.34 Å². The summed E-state index contributed by atoms with van der Waals surface area (Å²) in [6.45, 7) is 4.48. The molecule has 1 aliphatic carbocycles. The van der Waals surface area contributed by atoms with Gasteiger partial charge in [0.05, 0.1) is 35.1 Å². The highest BCUT2D eigenvalue weighted by molar-refractivity contribution is 8.02. The number of nitrogens with zero attached hydrogens (tertiary/aromatic N) is 3. The summed E-state index contributed by atoms with van der Waals surface area (Å²) in [7, 11) is 0. The number of thiazole rings is 1. The Morgan fingerprint density at radius 1 is 1.28 bits per heavy atom. The largest absolute Gasteiger partial charge is 0.399 e. The van der Waals surface area contributed by atoms with E-state index in [0.717, 1.165) is 61.2 Å². The van der Waals surface area contributed by atoms with Crippen LogP contribution in [0.5, 0.6) is 0 Å². The Balaban J connectivity index is 1.57. The second kappa shape index (κ2) is 7.59. The van der Waals surface area contributed by atoms with Crippen molar-refractivity contribution in [2.24, 2.45) is 0 Å². The Labute approximate surface area is 178 Å². The van der Waals surface area contributed by atoms with Crippen LogP contribution in [0.15, 0.2) is 46.2 Å². The Kier molecular flexibility index (Phi) is 4.93. The summed E-state index contributed by atoms with van der Waals surface area (Å²) in [6, 6.07) is 10.3. The van der Waals surface area contributed by atoms with Gasteiger partial charge in [-0.1, -0.05) is 11.3 Å². The number of nitrogens with two attached hydrogens (primary N) is 1. The zero-order valence-electron chi connectivity index (χ0n) is 16.3. The van der Waals surface area contributed by atoms with Crippen molar-refractivity contribution in [2.45, 2.75) is 34.9 Å². The molecule has 150 valence electrons. The van der Waals surface area contributed by atoms with Crippen LogP contribution >= 0.6 is 23.1 Å². The van der Waals surface area contributed by atoms with Crippen LogP contribution in [0.4, 0.5) is 11.5 Å². The molecular weight excluding hydrogens is 402 g/mol. The fraction of sp³-hybridized carbons (Fsp3) is 0.381. The molecule has 3 aromatic rings. The molecule has 1 saturated carbocycles. The third-order valence-electron chi connectivity index (χ3n) is 5.45. The summed E-state index contributed by atoms with van der Waals surface area (Å²) in [5.74, 6) is 1.75. The molecule has 29 heavy (non-hydrogen) atoms. The average molecular weight is 427 g/mol. The van der Waals surface area contributed by atoms with E-state index >= 15 is 0 Å². The zero-order chi connectivity index (χ0) is 19.8. The molecule has 3 N–H and O–H groups in total. The minimum atomic E-state index is 0.0249. The number of ether oxygens (including phenoxy) is 1. The number of nitrogens with one attached hydrogen (secondary N) is 1. The highest BCUT2D eigenvalue weighted by atomic mass is 32.2. The predicted octanol–water partition coefficient (Wildman–Crippen LogP) is 3.61. The van der Waals surface area contributed by atoms with Gasteiger partial charge in [-0.2, -0.15) is 4.98 Å². The maximum atomic E-state index is 5.89. The zero-order valence-corrected chi connectivity index (χ0v) is 17.9. The molecule has 1 atom stereocenters. The van der Waals surface area contributed by atoms with Gasteiger partial charge in [-0.05, 0) is 55.8 Å². The van der Waals surface area contributed by atoms with Crippen LogP contribution in [-0.4, -0.2) is 35.8 Å². The SMILES string of the molecule is C[C@H]1COCCN1c1cc(C2(Sc3[nH+]ccs3)CC2)nc(-c2ccc(N)cc2)n1. The van der Waals surface area contributed by atoms with Crippen molar-refractivity contribution >= 4 is 34.6 Å². The number of anilines is 2. The van der Waals surface area contributed by atoms with Crippen molar-refractivity contribution in [2.75, 3.05) is 30.4 Å². The van der Waals surface area contributed by atoms with Gasteiger partial charge in [-0.25, -0.2) is 9.97 Å². The quantitative estimate of drug-likeness (QED) is 0.628. The number of hydrogen-bond acceptors (Lipinski definition) is 7. The number of morpholine rings is 1. The molecule has 6 nitrogen and oxygen atoms in total. The standard InChI is InChI=1S/C21H23N5OS2/c1-14-13-27-10-9-26(14)18-12-17(21(6-7-21)29-20-23-8-11-28-20)24-19(25-18)15-2-4-16(22)5-3-15/h2-5,8,11-12,14H,6-7,9-10,13,22H2,1H3/p+1/t14-/m0/s1. The summed E-state index contributed by atoms with van der Waals surface area (Å²) < 4.78 is 6.88. The van der Waals surface area contributed by atoms with Crippen LogP contribution in [0.2, 0.25) is 0 Å². The summed E-state index contributed by atoms with van der Waals surface area (Å²) >= 11 is 3.63. The molecule has 0 unspecified atom stereocenters. The van der Waals surface area contributed by atoms with E-state index in [1.165, 1.54) is 4.34 Å². The topological polar surface area (TPSA) is 78.4 Å². The smallest absolute Gasteiger partial charge is 0.296 e. The third-order valence-corrected chi connectivity index (χ3v) is 7.90. The number of hydrogen-bond donors (Lipinski definition) is 1. The van der Waals surface area contributed by atoms with Gasteiger partial charge in [0.2, 0.25) is 0 Å². The van der Waals surface area contributed by atoms with Crippen molar-refractivity contribution < 1.29 is 9.72 Å². The van der Waals surface area contributed by atoms with Gasteiger partial charge in [-0.15, -0.1) is 0 Å². The fourth-order valence-corrected chi connectivity index (χ4v) is 5.86. The maximum absolute atomic E-state index is 5.89. The normalized spacial score (nSPS) is 20.6. The Bertz CT molecular complexity index is 989. The summed E-state index contributed by atoms with van der Waals surface area (Å²) in [5.41, 5.74) is 8.73. The second-order valence-electron chi connectivity index (χ2n) is 7.62. The average Bonchev–Trinajstić information content (AvgIpc) is 3.34. The van der Waals surface area contributed by atoms with E-state index in [0.29, 0.717) is 6.04 Å². The van der Waals surface area contributed by atoms with Gasteiger partial charge >= 0.3 is 0 Å². The Morgan fingerprint density at radius 3 is 2.79 bits per heavy atom. The first-order chi connectivity index (χ1) is 14.1. The number of aromatic amines is 1. The first-order valence-electron chi connectivity index (χ1n) is 9.87. The van der Waals surface area contributed by atoms with Crippen LogP contribution < -0.4 is 15.6 Å². The third kappa shape index (κ3) is 3.84. The van der Waals surface area contributed by atoms with E-state index in [1.807, 2.05) is 42.2 Å². The summed E-state index contributed by atoms with van der Waals surface area (Å²) in [4.78, 5) is 15.7. The van der Waals surface area contributed by atoms with E-state index in [4.69, 9.17) is 20.4 Å². The molecule has 2 aromatic heterocycles. The van der Waals surface area contributed by atoms with E-state index in [2.05, 4.69) is 28.3 Å². The minimum Gasteiger partial charge on any atom is -0.399 e.